The molecule has 0 fully saturated rings. The Labute approximate surface area is 107 Å². The molecule has 0 aliphatic rings. The molecule has 0 radical (unpaired) electrons. The van der Waals surface area contributed by atoms with Crippen molar-refractivity contribution in [1.29, 1.82) is 0 Å². The van der Waals surface area contributed by atoms with E-state index in [-0.39, 0.29) is 0 Å². The largest absolute Gasteiger partial charge is 0.496 e. The fraction of sp³-hybridized carbons (Fsp3) is 0.200. The normalized spacial score (nSPS) is 10.1. The molecule has 0 aliphatic carbocycles. The second-order valence-electron chi connectivity index (χ2n) is 4.07. The molecule has 0 saturated heterocycles. The van der Waals surface area contributed by atoms with Crippen molar-refractivity contribution in [3.63, 3.8) is 0 Å². The summed E-state index contributed by atoms with van der Waals surface area (Å²) in [6, 6.07) is 13.5. The number of hydrogen-bond acceptors (Lipinski definition) is 3. The Kier molecular flexibility index (Phi) is 3.72. The second-order valence-corrected chi connectivity index (χ2v) is 4.07. The number of para-hydroxylation sites is 1. The van der Waals surface area contributed by atoms with E-state index >= 15 is 0 Å². The zero-order chi connectivity index (χ0) is 13.0. The highest BCUT2D eigenvalue weighted by molar-refractivity contribution is 5.53. The van der Waals surface area contributed by atoms with Gasteiger partial charge in [-0.05, 0) is 25.1 Å². The van der Waals surface area contributed by atoms with Crippen LogP contribution in [0.5, 0.6) is 11.5 Å². The summed E-state index contributed by atoms with van der Waals surface area (Å²) in [6.45, 7) is 2.42. The molecule has 3 heteroatoms. The smallest absolute Gasteiger partial charge is 0.125 e. The number of anilines is 1. The highest BCUT2D eigenvalue weighted by Gasteiger charge is 2.05. The topological polar surface area (TPSA) is 44.5 Å². The molecule has 0 unspecified atom stereocenters. The highest BCUT2D eigenvalue weighted by Crippen LogP contribution is 2.25. The number of hydrogen-bond donors (Lipinski definition) is 1. The third-order valence-corrected chi connectivity index (χ3v) is 2.90. The minimum Gasteiger partial charge on any atom is -0.496 e. The van der Waals surface area contributed by atoms with Crippen molar-refractivity contribution >= 4 is 5.69 Å². The second kappa shape index (κ2) is 5.45. The third-order valence-electron chi connectivity index (χ3n) is 2.90. The van der Waals surface area contributed by atoms with Gasteiger partial charge in [-0.3, -0.25) is 0 Å². The van der Waals surface area contributed by atoms with E-state index in [0.29, 0.717) is 6.61 Å². The van der Waals surface area contributed by atoms with Crippen LogP contribution < -0.4 is 15.2 Å². The van der Waals surface area contributed by atoms with E-state index in [4.69, 9.17) is 15.2 Å². The number of nitrogens with two attached hydrogens (primary N) is 1. The number of ether oxygens (including phenoxy) is 2. The fourth-order valence-electron chi connectivity index (χ4n) is 1.77. The fourth-order valence-corrected chi connectivity index (χ4v) is 1.77. The Morgan fingerprint density at radius 1 is 1.00 bits per heavy atom. The van der Waals surface area contributed by atoms with Crippen LogP contribution in [-0.4, -0.2) is 7.11 Å². The van der Waals surface area contributed by atoms with Gasteiger partial charge >= 0.3 is 0 Å². The minimum atomic E-state index is 0.467. The van der Waals surface area contributed by atoms with Crippen LogP contribution in [0.3, 0.4) is 0 Å². The molecule has 0 saturated carbocycles. The molecule has 94 valence electrons. The molecular formula is C15H17NO2. The van der Waals surface area contributed by atoms with E-state index in [1.54, 1.807) is 7.11 Å². The summed E-state index contributed by atoms with van der Waals surface area (Å²) in [5.41, 5.74) is 8.56. The van der Waals surface area contributed by atoms with Gasteiger partial charge in [-0.15, -0.1) is 0 Å². The van der Waals surface area contributed by atoms with Crippen LogP contribution in [-0.2, 0) is 6.61 Å². The van der Waals surface area contributed by atoms with Crippen molar-refractivity contribution < 1.29 is 9.47 Å². The van der Waals surface area contributed by atoms with Crippen molar-refractivity contribution in [2.45, 2.75) is 13.5 Å². The lowest BCUT2D eigenvalue weighted by molar-refractivity contribution is 0.295. The van der Waals surface area contributed by atoms with Gasteiger partial charge in [0.05, 0.1) is 7.11 Å². The maximum absolute atomic E-state index is 5.84. The lowest BCUT2D eigenvalue weighted by Gasteiger charge is -2.12. The predicted octanol–water partition coefficient (Wildman–Crippen LogP) is 3.16. The van der Waals surface area contributed by atoms with Crippen LogP contribution in [0, 0.1) is 6.92 Å². The maximum atomic E-state index is 5.84. The molecule has 3 nitrogen and oxygen atoms in total. The monoisotopic (exact) mass is 243 g/mol. The lowest BCUT2D eigenvalue weighted by Crippen LogP contribution is -2.00. The van der Waals surface area contributed by atoms with Gasteiger partial charge in [0.1, 0.15) is 18.1 Å². The molecule has 2 N–H and O–H groups in total. The van der Waals surface area contributed by atoms with Crippen molar-refractivity contribution in [3.8, 4) is 11.5 Å². The average Bonchev–Trinajstić information content (AvgIpc) is 2.41. The van der Waals surface area contributed by atoms with Gasteiger partial charge in [0, 0.05) is 16.8 Å². The molecule has 0 amide bonds. The first-order valence-corrected chi connectivity index (χ1v) is 5.82. The minimum absolute atomic E-state index is 0.467. The lowest BCUT2D eigenvalue weighted by atomic mass is 10.2. The van der Waals surface area contributed by atoms with E-state index in [9.17, 15) is 0 Å². The van der Waals surface area contributed by atoms with Crippen LogP contribution in [0.2, 0.25) is 0 Å². The van der Waals surface area contributed by atoms with Crippen molar-refractivity contribution in [2.75, 3.05) is 12.8 Å². The van der Waals surface area contributed by atoms with Crippen LogP contribution in [0.4, 0.5) is 5.69 Å². The quantitative estimate of drug-likeness (QED) is 0.839. The Balaban J connectivity index is 2.14. The summed E-state index contributed by atoms with van der Waals surface area (Å²) in [5.74, 6) is 1.64. The Hall–Kier alpha value is -2.16. The first-order chi connectivity index (χ1) is 8.72. The average molecular weight is 243 g/mol. The van der Waals surface area contributed by atoms with Gasteiger partial charge < -0.3 is 15.2 Å². The van der Waals surface area contributed by atoms with Crippen LogP contribution in [0.1, 0.15) is 11.1 Å². The van der Waals surface area contributed by atoms with Gasteiger partial charge in [-0.2, -0.15) is 0 Å². The summed E-state index contributed by atoms with van der Waals surface area (Å²) >= 11 is 0. The van der Waals surface area contributed by atoms with E-state index in [2.05, 4.69) is 0 Å². The van der Waals surface area contributed by atoms with E-state index in [0.717, 1.165) is 28.3 Å². The van der Waals surface area contributed by atoms with Crippen molar-refractivity contribution in [1.82, 2.24) is 0 Å². The van der Waals surface area contributed by atoms with Gasteiger partial charge in [0.15, 0.2) is 0 Å². The Morgan fingerprint density at radius 3 is 2.50 bits per heavy atom. The van der Waals surface area contributed by atoms with Gasteiger partial charge in [-0.25, -0.2) is 0 Å². The van der Waals surface area contributed by atoms with Gasteiger partial charge in [-0.1, -0.05) is 24.3 Å². The standard InChI is InChI=1S/C15H17NO2/c1-11-13(16)7-5-9-14(11)18-10-12-6-3-4-8-15(12)17-2/h3-9H,10,16H2,1-2H3. The SMILES string of the molecule is COc1ccccc1COc1cccc(N)c1C. The third kappa shape index (κ3) is 2.56. The molecule has 0 bridgehead atoms. The van der Waals surface area contributed by atoms with E-state index in [1.165, 1.54) is 0 Å². The summed E-state index contributed by atoms with van der Waals surface area (Å²) < 4.78 is 11.1. The Bertz CT molecular complexity index is 538. The molecule has 0 aliphatic heterocycles. The predicted molar refractivity (Wildman–Crippen MR) is 72.9 cm³/mol. The van der Waals surface area contributed by atoms with Gasteiger partial charge in [0.25, 0.3) is 0 Å². The summed E-state index contributed by atoms with van der Waals surface area (Å²) in [4.78, 5) is 0. The van der Waals surface area contributed by atoms with E-state index in [1.807, 2.05) is 49.4 Å². The van der Waals surface area contributed by atoms with Crippen molar-refractivity contribution in [2.24, 2.45) is 0 Å². The Morgan fingerprint density at radius 2 is 1.72 bits per heavy atom. The van der Waals surface area contributed by atoms with E-state index < -0.39 is 0 Å². The molecule has 0 spiro atoms. The molecule has 0 aromatic heterocycles. The molecular weight excluding hydrogens is 226 g/mol. The van der Waals surface area contributed by atoms with Crippen molar-refractivity contribution in [3.05, 3.63) is 53.6 Å². The maximum Gasteiger partial charge on any atom is 0.125 e. The molecule has 2 rings (SSSR count). The molecule has 2 aromatic rings. The first-order valence-electron chi connectivity index (χ1n) is 5.82. The summed E-state index contributed by atoms with van der Waals surface area (Å²) in [6.07, 6.45) is 0. The number of rotatable bonds is 4. The van der Waals surface area contributed by atoms with Crippen LogP contribution in [0.25, 0.3) is 0 Å². The molecule has 18 heavy (non-hydrogen) atoms. The van der Waals surface area contributed by atoms with Crippen LogP contribution >= 0.6 is 0 Å². The molecule has 0 heterocycles. The zero-order valence-electron chi connectivity index (χ0n) is 10.6. The first kappa shape index (κ1) is 12.3. The molecule has 0 atom stereocenters. The number of nitrogen functional groups attached to an aromatic ring is 1. The van der Waals surface area contributed by atoms with Gasteiger partial charge in [0.2, 0.25) is 0 Å². The summed E-state index contributed by atoms with van der Waals surface area (Å²) in [5, 5.41) is 0. The molecule has 2 aromatic carbocycles. The summed E-state index contributed by atoms with van der Waals surface area (Å²) in [7, 11) is 1.66. The number of benzene rings is 2. The highest BCUT2D eigenvalue weighted by atomic mass is 16.5. The zero-order valence-corrected chi connectivity index (χ0v) is 10.6. The van der Waals surface area contributed by atoms with Crippen LogP contribution in [0.15, 0.2) is 42.5 Å². The number of methoxy groups -OCH3 is 1.